The molecule has 0 bridgehead atoms. The van der Waals surface area contributed by atoms with Gasteiger partial charge in [-0.3, -0.25) is 9.59 Å². The van der Waals surface area contributed by atoms with Gasteiger partial charge >= 0.3 is 11.9 Å². The van der Waals surface area contributed by atoms with Crippen molar-refractivity contribution in [2.45, 2.75) is 12.3 Å². The van der Waals surface area contributed by atoms with E-state index in [4.69, 9.17) is 4.74 Å². The number of ether oxygens (including phenoxy) is 1. The summed E-state index contributed by atoms with van der Waals surface area (Å²) in [6.07, 6.45) is 0.601. The van der Waals surface area contributed by atoms with Gasteiger partial charge in [-0.2, -0.15) is 0 Å². The van der Waals surface area contributed by atoms with Crippen LogP contribution in [0.4, 0.5) is 0 Å². The second-order valence-electron chi connectivity index (χ2n) is 4.62. The van der Waals surface area contributed by atoms with Crippen molar-refractivity contribution >= 4 is 11.9 Å². The lowest BCUT2D eigenvalue weighted by Gasteiger charge is -2.30. The Hall–Kier alpha value is -1.84. The molecule has 0 radical (unpaired) electrons. The molecular weight excluding hydrogens is 220 g/mol. The number of cyclic esters (lactones) is 1. The maximum absolute atomic E-state index is 11.6. The van der Waals surface area contributed by atoms with Gasteiger partial charge in [0.15, 0.2) is 0 Å². The number of carboxylic acids is 1. The minimum atomic E-state index is -0.870. The van der Waals surface area contributed by atoms with Crippen LogP contribution >= 0.6 is 0 Å². The third-order valence-electron chi connectivity index (χ3n) is 3.76. The predicted octanol–water partition coefficient (Wildman–Crippen LogP) is 1.20. The number of rotatable bonds is 1. The third kappa shape index (κ3) is 1.44. The summed E-state index contributed by atoms with van der Waals surface area (Å²) in [5, 5.41) is 9.35. The fraction of sp³-hybridized carbons (Fsp3) is 0.385. The topological polar surface area (TPSA) is 63.6 Å². The molecule has 4 heteroatoms. The van der Waals surface area contributed by atoms with E-state index in [1.807, 2.05) is 24.3 Å². The first-order valence-corrected chi connectivity index (χ1v) is 5.65. The number of aliphatic carboxylic acids is 1. The van der Waals surface area contributed by atoms with Gasteiger partial charge in [0, 0.05) is 5.92 Å². The number of carbonyl (C=O) groups excluding carboxylic acids is 1. The predicted molar refractivity (Wildman–Crippen MR) is 58.5 cm³/mol. The zero-order valence-electron chi connectivity index (χ0n) is 9.13. The van der Waals surface area contributed by atoms with E-state index in [2.05, 4.69) is 0 Å². The standard InChI is InChI=1S/C13H12O4/c14-12(15)11-8-4-2-1-3-7(8)5-9-10(11)6-17-13(9)16/h1-4,9-11H,5-6H2,(H,14,15). The van der Waals surface area contributed by atoms with E-state index in [1.165, 1.54) is 0 Å². The van der Waals surface area contributed by atoms with Gasteiger partial charge < -0.3 is 9.84 Å². The second kappa shape index (κ2) is 3.58. The molecule has 1 aromatic carbocycles. The summed E-state index contributed by atoms with van der Waals surface area (Å²) >= 11 is 0. The van der Waals surface area contributed by atoms with Gasteiger partial charge in [-0.25, -0.2) is 0 Å². The molecule has 4 nitrogen and oxygen atoms in total. The summed E-state index contributed by atoms with van der Waals surface area (Å²) in [6.45, 7) is 0.231. The second-order valence-corrected chi connectivity index (χ2v) is 4.62. The number of benzene rings is 1. The minimum Gasteiger partial charge on any atom is -0.481 e. The van der Waals surface area contributed by atoms with E-state index in [0.717, 1.165) is 11.1 Å². The van der Waals surface area contributed by atoms with E-state index >= 15 is 0 Å². The summed E-state index contributed by atoms with van der Waals surface area (Å²) < 4.78 is 5.01. The van der Waals surface area contributed by atoms with Crippen molar-refractivity contribution in [2.75, 3.05) is 6.61 Å². The first-order chi connectivity index (χ1) is 8.18. The highest BCUT2D eigenvalue weighted by molar-refractivity contribution is 5.83. The van der Waals surface area contributed by atoms with Gasteiger partial charge in [0.05, 0.1) is 18.4 Å². The zero-order valence-corrected chi connectivity index (χ0v) is 9.13. The number of esters is 1. The molecule has 1 heterocycles. The van der Waals surface area contributed by atoms with Crippen LogP contribution in [0.5, 0.6) is 0 Å². The van der Waals surface area contributed by atoms with E-state index < -0.39 is 11.9 Å². The highest BCUT2D eigenvalue weighted by atomic mass is 16.5. The van der Waals surface area contributed by atoms with Crippen LogP contribution < -0.4 is 0 Å². The van der Waals surface area contributed by atoms with Crippen LogP contribution in [0.3, 0.4) is 0 Å². The largest absolute Gasteiger partial charge is 0.481 e. The van der Waals surface area contributed by atoms with Crippen molar-refractivity contribution in [1.29, 1.82) is 0 Å². The van der Waals surface area contributed by atoms with E-state index in [9.17, 15) is 14.7 Å². The molecule has 3 atom stereocenters. The highest BCUT2D eigenvalue weighted by Crippen LogP contribution is 2.43. The molecule has 1 aromatic rings. The lowest BCUT2D eigenvalue weighted by Crippen LogP contribution is -2.34. The lowest BCUT2D eigenvalue weighted by molar-refractivity contribution is -0.141. The normalized spacial score (nSPS) is 30.4. The first-order valence-electron chi connectivity index (χ1n) is 5.65. The molecule has 1 fully saturated rings. The van der Waals surface area contributed by atoms with E-state index in [0.29, 0.717) is 6.42 Å². The summed E-state index contributed by atoms with van der Waals surface area (Å²) in [5.41, 5.74) is 1.79. The number of carbonyl (C=O) groups is 2. The molecular formula is C13H12O4. The summed E-state index contributed by atoms with van der Waals surface area (Å²) in [7, 11) is 0. The Morgan fingerprint density at radius 2 is 2.12 bits per heavy atom. The molecule has 88 valence electrons. The van der Waals surface area contributed by atoms with Crippen LogP contribution in [-0.4, -0.2) is 23.7 Å². The van der Waals surface area contributed by atoms with Crippen molar-refractivity contribution in [2.24, 2.45) is 11.8 Å². The molecule has 3 unspecified atom stereocenters. The summed E-state index contributed by atoms with van der Waals surface area (Å²) in [5.74, 6) is -2.24. The Labute approximate surface area is 98.2 Å². The number of carboxylic acid groups (broad SMARTS) is 1. The first kappa shape index (κ1) is 10.3. The molecule has 0 saturated carbocycles. The molecule has 0 amide bonds. The molecule has 1 aliphatic carbocycles. The molecule has 0 spiro atoms. The van der Waals surface area contributed by atoms with Gasteiger partial charge in [-0.15, -0.1) is 0 Å². The van der Waals surface area contributed by atoms with Crippen molar-refractivity contribution in [3.05, 3.63) is 35.4 Å². The van der Waals surface area contributed by atoms with Gasteiger partial charge in [0.1, 0.15) is 0 Å². The van der Waals surface area contributed by atoms with Crippen molar-refractivity contribution in [1.82, 2.24) is 0 Å². The molecule has 0 aromatic heterocycles. The van der Waals surface area contributed by atoms with Crippen LogP contribution in [-0.2, 0) is 20.7 Å². The Balaban J connectivity index is 2.11. The number of fused-ring (bicyclic) bond motifs is 2. The van der Waals surface area contributed by atoms with Crippen LogP contribution in [0.15, 0.2) is 24.3 Å². The smallest absolute Gasteiger partial charge is 0.311 e. The SMILES string of the molecule is O=C1OCC2C1Cc1ccccc1C2C(=O)O. The highest BCUT2D eigenvalue weighted by Gasteiger charge is 2.48. The quantitative estimate of drug-likeness (QED) is 0.739. The molecule has 1 saturated heterocycles. The Kier molecular flexibility index (Phi) is 2.18. The van der Waals surface area contributed by atoms with E-state index in [1.54, 1.807) is 0 Å². The molecule has 1 N–H and O–H groups in total. The maximum atomic E-state index is 11.6. The van der Waals surface area contributed by atoms with Crippen molar-refractivity contribution < 1.29 is 19.4 Å². The zero-order chi connectivity index (χ0) is 12.0. The average Bonchev–Trinajstić information content (AvgIpc) is 2.67. The monoisotopic (exact) mass is 232 g/mol. The average molecular weight is 232 g/mol. The van der Waals surface area contributed by atoms with Crippen LogP contribution in [0.2, 0.25) is 0 Å². The van der Waals surface area contributed by atoms with Gasteiger partial charge in [0.2, 0.25) is 0 Å². The molecule has 1 aliphatic heterocycles. The lowest BCUT2D eigenvalue weighted by atomic mass is 9.70. The Bertz CT molecular complexity index is 494. The molecule has 3 rings (SSSR count). The molecule has 17 heavy (non-hydrogen) atoms. The van der Waals surface area contributed by atoms with Gasteiger partial charge in [0.25, 0.3) is 0 Å². The number of hydrogen-bond acceptors (Lipinski definition) is 3. The van der Waals surface area contributed by atoms with Gasteiger partial charge in [-0.1, -0.05) is 24.3 Å². The fourth-order valence-corrected chi connectivity index (χ4v) is 2.95. The summed E-state index contributed by atoms with van der Waals surface area (Å²) in [4.78, 5) is 23.0. The molecule has 2 aliphatic rings. The van der Waals surface area contributed by atoms with Crippen molar-refractivity contribution in [3.63, 3.8) is 0 Å². The number of hydrogen-bond donors (Lipinski definition) is 1. The Morgan fingerprint density at radius 3 is 2.88 bits per heavy atom. The van der Waals surface area contributed by atoms with Crippen molar-refractivity contribution in [3.8, 4) is 0 Å². The van der Waals surface area contributed by atoms with Crippen LogP contribution in [0.1, 0.15) is 17.0 Å². The minimum absolute atomic E-state index is 0.213. The third-order valence-corrected chi connectivity index (χ3v) is 3.76. The van der Waals surface area contributed by atoms with E-state index in [-0.39, 0.29) is 24.4 Å². The van der Waals surface area contributed by atoms with Crippen LogP contribution in [0.25, 0.3) is 0 Å². The van der Waals surface area contributed by atoms with Crippen LogP contribution in [0, 0.1) is 11.8 Å². The van der Waals surface area contributed by atoms with Gasteiger partial charge in [-0.05, 0) is 17.5 Å². The fourth-order valence-electron chi connectivity index (χ4n) is 2.95. The summed E-state index contributed by atoms with van der Waals surface area (Å²) in [6, 6.07) is 7.45. The maximum Gasteiger partial charge on any atom is 0.311 e. The Morgan fingerprint density at radius 1 is 1.35 bits per heavy atom.